The molecule has 0 bridgehead atoms. The van der Waals surface area contributed by atoms with Crippen LogP contribution in [0, 0.1) is 0 Å². The highest BCUT2D eigenvalue weighted by Gasteiger charge is 2.42. The van der Waals surface area contributed by atoms with Crippen molar-refractivity contribution in [3.8, 4) is 0 Å². The monoisotopic (exact) mass is 324 g/mol. The van der Waals surface area contributed by atoms with Crippen molar-refractivity contribution in [1.29, 1.82) is 0 Å². The average Bonchev–Trinajstić information content (AvgIpc) is 3.09. The molecule has 0 saturated carbocycles. The van der Waals surface area contributed by atoms with Crippen molar-refractivity contribution in [2.75, 3.05) is 50.8 Å². The zero-order valence-corrected chi connectivity index (χ0v) is 13.4. The molecular weight excluding hydrogens is 304 g/mol. The van der Waals surface area contributed by atoms with Crippen molar-refractivity contribution in [1.82, 2.24) is 14.8 Å². The van der Waals surface area contributed by atoms with Gasteiger partial charge in [0.25, 0.3) is 5.91 Å². The lowest BCUT2D eigenvalue weighted by molar-refractivity contribution is -0.168. The van der Waals surface area contributed by atoms with E-state index in [1.165, 1.54) is 0 Å². The topological polar surface area (TPSA) is 66.0 Å². The van der Waals surface area contributed by atoms with Gasteiger partial charge in [0.15, 0.2) is 10.7 Å². The summed E-state index contributed by atoms with van der Waals surface area (Å²) >= 11 is 1.61. The van der Waals surface area contributed by atoms with Crippen LogP contribution in [0.25, 0.3) is 0 Å². The Morgan fingerprint density at radius 3 is 2.77 bits per heavy atom. The van der Waals surface area contributed by atoms with E-state index in [0.29, 0.717) is 32.8 Å². The Morgan fingerprint density at radius 1 is 1.36 bits per heavy atom. The molecule has 3 rings (SSSR count). The first-order valence-electron chi connectivity index (χ1n) is 7.39. The Morgan fingerprint density at radius 2 is 2.14 bits per heavy atom. The molecule has 0 aliphatic carbocycles. The second-order valence-corrected chi connectivity index (χ2v) is 6.62. The number of ether oxygens (including phenoxy) is 1. The minimum atomic E-state index is -0.928. The van der Waals surface area contributed by atoms with Crippen LogP contribution in [0.15, 0.2) is 11.6 Å². The van der Waals surface area contributed by atoms with E-state index >= 15 is 0 Å². The van der Waals surface area contributed by atoms with E-state index in [9.17, 15) is 9.59 Å². The van der Waals surface area contributed by atoms with Gasteiger partial charge < -0.3 is 19.4 Å². The molecule has 8 heteroatoms. The maximum absolute atomic E-state index is 12.8. The zero-order chi connectivity index (χ0) is 15.6. The summed E-state index contributed by atoms with van der Waals surface area (Å²) in [5.41, 5.74) is -0.928. The summed E-state index contributed by atoms with van der Waals surface area (Å²) in [6.07, 6.45) is 2.58. The molecule has 2 aliphatic heterocycles. The summed E-state index contributed by atoms with van der Waals surface area (Å²) in [6.45, 7) is 5.89. The molecule has 120 valence electrons. The number of piperazine rings is 1. The minimum Gasteiger partial charge on any atom is -0.362 e. The molecule has 1 atom stereocenters. The Balaban J connectivity index is 1.60. The van der Waals surface area contributed by atoms with Crippen LogP contribution in [0.4, 0.5) is 5.13 Å². The van der Waals surface area contributed by atoms with Crippen molar-refractivity contribution in [2.45, 2.75) is 12.5 Å². The van der Waals surface area contributed by atoms with Crippen LogP contribution >= 0.6 is 11.3 Å². The smallest absolute Gasteiger partial charge is 0.256 e. The molecule has 0 spiro atoms. The number of anilines is 1. The number of amides is 2. The van der Waals surface area contributed by atoms with Crippen LogP contribution in [0.2, 0.25) is 0 Å². The van der Waals surface area contributed by atoms with Crippen molar-refractivity contribution >= 4 is 28.8 Å². The molecule has 1 aromatic heterocycles. The molecule has 0 N–H and O–H groups in total. The maximum atomic E-state index is 12.8. The Kier molecular flexibility index (Phi) is 4.30. The number of rotatable bonds is 3. The highest BCUT2D eigenvalue weighted by atomic mass is 32.1. The SMILES string of the molecule is CC1(C(=O)N2CCN(c3nccs3)CC2)CN(C=O)CCO1. The standard InChI is InChI=1S/C14H20N4O3S/c1-14(10-16(11-19)7-8-21-14)12(20)17-3-5-18(6-4-17)13-15-2-9-22-13/h2,9,11H,3-8,10H2,1H3. The first kappa shape index (κ1) is 15.2. The first-order chi connectivity index (χ1) is 10.6. The predicted octanol–water partition coefficient (Wildman–Crippen LogP) is 0.0390. The van der Waals surface area contributed by atoms with Crippen molar-refractivity contribution < 1.29 is 14.3 Å². The number of nitrogens with zero attached hydrogens (tertiary/aromatic N) is 4. The minimum absolute atomic E-state index is 0.0298. The fraction of sp³-hybridized carbons (Fsp3) is 0.643. The van der Waals surface area contributed by atoms with Crippen molar-refractivity contribution in [2.24, 2.45) is 0 Å². The summed E-state index contributed by atoms with van der Waals surface area (Å²) < 4.78 is 5.70. The van der Waals surface area contributed by atoms with Gasteiger partial charge in [-0.15, -0.1) is 11.3 Å². The number of hydrogen-bond donors (Lipinski definition) is 0. The summed E-state index contributed by atoms with van der Waals surface area (Å²) in [5, 5.41) is 2.96. The molecule has 1 aromatic rings. The second kappa shape index (κ2) is 6.21. The lowest BCUT2D eigenvalue weighted by atomic mass is 10.0. The molecule has 2 amide bonds. The van der Waals surface area contributed by atoms with Gasteiger partial charge in [0.1, 0.15) is 0 Å². The van der Waals surface area contributed by atoms with Crippen LogP contribution in [-0.2, 0) is 14.3 Å². The number of morpholine rings is 1. The van der Waals surface area contributed by atoms with Gasteiger partial charge in [-0.25, -0.2) is 4.98 Å². The molecule has 2 saturated heterocycles. The second-order valence-electron chi connectivity index (χ2n) is 5.75. The zero-order valence-electron chi connectivity index (χ0n) is 12.6. The Hall–Kier alpha value is -1.67. The highest BCUT2D eigenvalue weighted by molar-refractivity contribution is 7.13. The fourth-order valence-electron chi connectivity index (χ4n) is 2.93. The highest BCUT2D eigenvalue weighted by Crippen LogP contribution is 2.23. The van der Waals surface area contributed by atoms with Gasteiger partial charge in [0.2, 0.25) is 6.41 Å². The lowest BCUT2D eigenvalue weighted by Crippen LogP contribution is -2.61. The summed E-state index contributed by atoms with van der Waals surface area (Å²) in [7, 11) is 0. The predicted molar refractivity (Wildman–Crippen MR) is 82.9 cm³/mol. The third-order valence-corrected chi connectivity index (χ3v) is 4.99. The number of aromatic nitrogens is 1. The third-order valence-electron chi connectivity index (χ3n) is 4.16. The molecule has 7 nitrogen and oxygen atoms in total. The van der Waals surface area contributed by atoms with Crippen molar-refractivity contribution in [3.63, 3.8) is 0 Å². The first-order valence-corrected chi connectivity index (χ1v) is 8.27. The van der Waals surface area contributed by atoms with Crippen LogP contribution in [-0.4, -0.2) is 78.6 Å². The molecular formula is C14H20N4O3S. The summed E-state index contributed by atoms with van der Waals surface area (Å²) in [5.74, 6) is -0.0298. The third kappa shape index (κ3) is 2.93. The molecule has 0 aromatic carbocycles. The van der Waals surface area contributed by atoms with Crippen LogP contribution in [0.3, 0.4) is 0 Å². The summed E-state index contributed by atoms with van der Waals surface area (Å²) in [6, 6.07) is 0. The molecule has 2 aliphatic rings. The van der Waals surface area contributed by atoms with E-state index in [2.05, 4.69) is 9.88 Å². The Labute approximate surface area is 133 Å². The molecule has 3 heterocycles. The van der Waals surface area contributed by atoms with E-state index in [0.717, 1.165) is 24.6 Å². The molecule has 1 unspecified atom stereocenters. The van der Waals surface area contributed by atoms with E-state index < -0.39 is 5.60 Å². The summed E-state index contributed by atoms with van der Waals surface area (Å²) in [4.78, 5) is 33.6. The molecule has 0 radical (unpaired) electrons. The number of hydrogen-bond acceptors (Lipinski definition) is 6. The van der Waals surface area contributed by atoms with E-state index in [1.807, 2.05) is 10.3 Å². The van der Waals surface area contributed by atoms with Crippen molar-refractivity contribution in [3.05, 3.63) is 11.6 Å². The van der Waals surface area contributed by atoms with Crippen LogP contribution in [0.5, 0.6) is 0 Å². The Bertz CT molecular complexity index is 530. The van der Waals surface area contributed by atoms with Gasteiger partial charge in [0.05, 0.1) is 13.2 Å². The quantitative estimate of drug-likeness (QED) is 0.735. The van der Waals surface area contributed by atoms with Gasteiger partial charge in [-0.1, -0.05) is 0 Å². The van der Waals surface area contributed by atoms with E-state index in [-0.39, 0.29) is 5.91 Å². The van der Waals surface area contributed by atoms with E-state index in [4.69, 9.17) is 4.74 Å². The fourth-order valence-corrected chi connectivity index (χ4v) is 3.62. The largest absolute Gasteiger partial charge is 0.362 e. The number of carbonyl (C=O) groups is 2. The van der Waals surface area contributed by atoms with E-state index in [1.54, 1.807) is 29.4 Å². The van der Waals surface area contributed by atoms with Gasteiger partial charge in [0, 0.05) is 44.3 Å². The van der Waals surface area contributed by atoms with Gasteiger partial charge in [-0.2, -0.15) is 0 Å². The average molecular weight is 324 g/mol. The van der Waals surface area contributed by atoms with Gasteiger partial charge in [-0.05, 0) is 6.92 Å². The normalized spacial score (nSPS) is 26.1. The number of thiazole rings is 1. The number of carbonyl (C=O) groups excluding carboxylic acids is 2. The van der Waals surface area contributed by atoms with Crippen LogP contribution in [0.1, 0.15) is 6.92 Å². The van der Waals surface area contributed by atoms with Crippen LogP contribution < -0.4 is 4.90 Å². The van der Waals surface area contributed by atoms with Gasteiger partial charge >= 0.3 is 0 Å². The molecule has 2 fully saturated rings. The van der Waals surface area contributed by atoms with Gasteiger partial charge in [-0.3, -0.25) is 9.59 Å². The molecule has 22 heavy (non-hydrogen) atoms. The lowest BCUT2D eigenvalue weighted by Gasteiger charge is -2.43. The maximum Gasteiger partial charge on any atom is 0.256 e.